The number of ether oxygens (including phenoxy) is 2. The van der Waals surface area contributed by atoms with Crippen molar-refractivity contribution >= 4 is 5.91 Å². The van der Waals surface area contributed by atoms with E-state index in [1.807, 2.05) is 6.08 Å². The Morgan fingerprint density at radius 2 is 1.15 bits per heavy atom. The second kappa shape index (κ2) is 36.0. The van der Waals surface area contributed by atoms with Crippen molar-refractivity contribution in [2.45, 2.75) is 198 Å². The summed E-state index contributed by atoms with van der Waals surface area (Å²) in [6.07, 6.45) is 40.8. The summed E-state index contributed by atoms with van der Waals surface area (Å²) in [5.41, 5.74) is 0. The van der Waals surface area contributed by atoms with E-state index in [2.05, 4.69) is 79.9 Å². The Morgan fingerprint density at radius 3 is 1.75 bits per heavy atom. The van der Waals surface area contributed by atoms with E-state index in [9.17, 15) is 30.3 Å². The minimum Gasteiger partial charge on any atom is -0.394 e. The van der Waals surface area contributed by atoms with Gasteiger partial charge >= 0.3 is 0 Å². The van der Waals surface area contributed by atoms with Crippen molar-refractivity contribution in [2.24, 2.45) is 0 Å². The number of hydrogen-bond acceptors (Lipinski definition) is 8. The standard InChI is InChI=1S/C46H79NO8/c1-3-5-7-9-11-13-15-17-18-19-20-21-22-24-26-28-30-32-34-36-42(50)47-39(38-54-46-45(53)44(52)43(51)41(37-48)55-46)40(49)35-33-31-29-27-25-23-16-14-12-10-8-6-4-2/h5,7,11,13,17-18,20-21,25,27,33,35,39-41,43-46,48-49,51-53H,3-4,6,8-10,12,14-16,19,22-24,26,28-32,34,36-38H2,1-2H3,(H,47,50)/b7-5-,13-11-,18-17-,21-20-,27-25+,35-33+. The summed E-state index contributed by atoms with van der Waals surface area (Å²) in [6, 6.07) is -0.831. The third-order valence-electron chi connectivity index (χ3n) is 9.76. The first-order chi connectivity index (χ1) is 26.8. The Bertz CT molecular complexity index is 1080. The van der Waals surface area contributed by atoms with Crippen LogP contribution in [0.5, 0.6) is 0 Å². The summed E-state index contributed by atoms with van der Waals surface area (Å²) in [7, 11) is 0. The molecular weight excluding hydrogens is 695 g/mol. The van der Waals surface area contributed by atoms with Crippen molar-refractivity contribution in [1.29, 1.82) is 0 Å². The summed E-state index contributed by atoms with van der Waals surface area (Å²) in [5.74, 6) is -0.206. The first kappa shape index (κ1) is 50.6. The van der Waals surface area contributed by atoms with Crippen LogP contribution in [0.25, 0.3) is 0 Å². The fourth-order valence-electron chi connectivity index (χ4n) is 6.28. The average molecular weight is 774 g/mol. The first-order valence-corrected chi connectivity index (χ1v) is 21.7. The SMILES string of the molecule is CC/C=C\C/C=C\C/C=C\C/C=C\CCCCCCCCC(=O)NC(COC1OC(CO)C(O)C(O)C1O)C(O)/C=C/CC/C=C/CCCCCCCCC. The molecule has 0 aliphatic carbocycles. The number of hydrogen-bond donors (Lipinski definition) is 6. The van der Waals surface area contributed by atoms with E-state index in [1.54, 1.807) is 6.08 Å². The van der Waals surface area contributed by atoms with Crippen molar-refractivity contribution < 1.29 is 39.8 Å². The van der Waals surface area contributed by atoms with Crippen LogP contribution in [0.4, 0.5) is 0 Å². The average Bonchev–Trinajstić information content (AvgIpc) is 3.18. The highest BCUT2D eigenvalue weighted by atomic mass is 16.7. The lowest BCUT2D eigenvalue weighted by atomic mass is 9.99. The van der Waals surface area contributed by atoms with Crippen molar-refractivity contribution in [2.75, 3.05) is 13.2 Å². The predicted octanol–water partition coefficient (Wildman–Crippen LogP) is 8.61. The number of aliphatic hydroxyl groups excluding tert-OH is 5. The summed E-state index contributed by atoms with van der Waals surface area (Å²) in [5, 5.41) is 54.0. The molecule has 1 amide bonds. The summed E-state index contributed by atoms with van der Waals surface area (Å²) in [4.78, 5) is 12.9. The highest BCUT2D eigenvalue weighted by Gasteiger charge is 2.44. The molecule has 0 aromatic carbocycles. The van der Waals surface area contributed by atoms with Crippen LogP contribution < -0.4 is 5.32 Å². The van der Waals surface area contributed by atoms with Gasteiger partial charge < -0.3 is 40.3 Å². The van der Waals surface area contributed by atoms with Gasteiger partial charge in [0.1, 0.15) is 24.4 Å². The van der Waals surface area contributed by atoms with Gasteiger partial charge in [-0.2, -0.15) is 0 Å². The van der Waals surface area contributed by atoms with Crippen LogP contribution >= 0.6 is 0 Å². The number of nitrogens with one attached hydrogen (secondary N) is 1. The van der Waals surface area contributed by atoms with Crippen molar-refractivity contribution in [1.82, 2.24) is 5.32 Å². The second-order valence-electron chi connectivity index (χ2n) is 14.7. The Morgan fingerprint density at radius 1 is 0.636 bits per heavy atom. The van der Waals surface area contributed by atoms with Crippen LogP contribution in [0.2, 0.25) is 0 Å². The van der Waals surface area contributed by atoms with E-state index in [-0.39, 0.29) is 12.5 Å². The van der Waals surface area contributed by atoms with Crippen LogP contribution in [-0.2, 0) is 14.3 Å². The van der Waals surface area contributed by atoms with E-state index < -0.39 is 49.5 Å². The summed E-state index contributed by atoms with van der Waals surface area (Å²) in [6.45, 7) is 3.60. The zero-order chi connectivity index (χ0) is 40.2. The Kier molecular flexibility index (Phi) is 33.2. The minimum absolute atomic E-state index is 0.206. The van der Waals surface area contributed by atoms with Crippen LogP contribution in [0.3, 0.4) is 0 Å². The molecule has 0 bridgehead atoms. The lowest BCUT2D eigenvalue weighted by Gasteiger charge is -2.40. The molecule has 0 aromatic rings. The number of rotatable bonds is 34. The molecule has 55 heavy (non-hydrogen) atoms. The Labute approximate surface area is 334 Å². The highest BCUT2D eigenvalue weighted by molar-refractivity contribution is 5.76. The number of unbranched alkanes of at least 4 members (excludes halogenated alkanes) is 14. The van der Waals surface area contributed by atoms with E-state index in [0.29, 0.717) is 6.42 Å². The van der Waals surface area contributed by atoms with Gasteiger partial charge in [0.2, 0.25) is 5.91 Å². The van der Waals surface area contributed by atoms with Gasteiger partial charge in [-0.1, -0.05) is 151 Å². The molecule has 1 aliphatic rings. The lowest BCUT2D eigenvalue weighted by Crippen LogP contribution is -2.60. The maximum absolute atomic E-state index is 12.9. The van der Waals surface area contributed by atoms with Crippen molar-refractivity contribution in [3.05, 3.63) is 72.9 Å². The van der Waals surface area contributed by atoms with Gasteiger partial charge in [0, 0.05) is 6.42 Å². The monoisotopic (exact) mass is 774 g/mol. The third kappa shape index (κ3) is 27.0. The van der Waals surface area contributed by atoms with Crippen LogP contribution in [0, 0.1) is 0 Å². The van der Waals surface area contributed by atoms with Crippen molar-refractivity contribution in [3.8, 4) is 0 Å². The van der Waals surface area contributed by atoms with Crippen LogP contribution in [0.1, 0.15) is 155 Å². The largest absolute Gasteiger partial charge is 0.394 e. The van der Waals surface area contributed by atoms with Gasteiger partial charge in [-0.05, 0) is 70.6 Å². The van der Waals surface area contributed by atoms with Crippen molar-refractivity contribution in [3.63, 3.8) is 0 Å². The molecule has 0 aromatic heterocycles. The minimum atomic E-state index is -1.58. The third-order valence-corrected chi connectivity index (χ3v) is 9.76. The number of allylic oxidation sites excluding steroid dienone is 11. The molecule has 9 heteroatoms. The van der Waals surface area contributed by atoms with E-state index >= 15 is 0 Å². The number of carbonyl (C=O) groups excluding carboxylic acids is 1. The van der Waals surface area contributed by atoms with Gasteiger partial charge in [-0.25, -0.2) is 0 Å². The Balaban J connectivity index is 2.41. The molecule has 1 heterocycles. The zero-order valence-electron chi connectivity index (χ0n) is 34.4. The lowest BCUT2D eigenvalue weighted by molar-refractivity contribution is -0.302. The van der Waals surface area contributed by atoms with Gasteiger partial charge in [-0.3, -0.25) is 4.79 Å². The fraction of sp³-hybridized carbons (Fsp3) is 0.717. The molecule has 0 saturated carbocycles. The molecule has 1 aliphatic heterocycles. The molecule has 9 nitrogen and oxygen atoms in total. The topological polar surface area (TPSA) is 149 Å². The van der Waals surface area contributed by atoms with E-state index in [1.165, 1.54) is 44.9 Å². The number of amides is 1. The first-order valence-electron chi connectivity index (χ1n) is 21.7. The molecular formula is C46H79NO8. The normalized spacial score (nSPS) is 22.1. The highest BCUT2D eigenvalue weighted by Crippen LogP contribution is 2.22. The molecule has 1 rings (SSSR count). The molecule has 316 valence electrons. The molecule has 1 fully saturated rings. The second-order valence-corrected chi connectivity index (χ2v) is 14.7. The molecule has 0 spiro atoms. The molecule has 7 atom stereocenters. The maximum atomic E-state index is 12.9. The van der Waals surface area contributed by atoms with E-state index in [4.69, 9.17) is 9.47 Å². The van der Waals surface area contributed by atoms with Gasteiger partial charge in [0.25, 0.3) is 0 Å². The fourth-order valence-corrected chi connectivity index (χ4v) is 6.28. The van der Waals surface area contributed by atoms with E-state index in [0.717, 1.165) is 89.9 Å². The predicted molar refractivity (Wildman–Crippen MR) is 225 cm³/mol. The maximum Gasteiger partial charge on any atom is 0.220 e. The van der Waals surface area contributed by atoms with Gasteiger partial charge in [0.15, 0.2) is 6.29 Å². The quantitative estimate of drug-likeness (QED) is 0.0281. The smallest absolute Gasteiger partial charge is 0.220 e. The molecule has 1 saturated heterocycles. The van der Waals surface area contributed by atoms with Gasteiger partial charge in [0.05, 0.1) is 25.4 Å². The summed E-state index contributed by atoms with van der Waals surface area (Å²) < 4.78 is 11.2. The Hall–Kier alpha value is -2.37. The molecule has 0 radical (unpaired) electrons. The summed E-state index contributed by atoms with van der Waals surface area (Å²) >= 11 is 0. The number of carbonyl (C=O) groups is 1. The van der Waals surface area contributed by atoms with Gasteiger partial charge in [-0.15, -0.1) is 0 Å². The zero-order valence-corrected chi connectivity index (χ0v) is 34.4. The van der Waals surface area contributed by atoms with Crippen LogP contribution in [0.15, 0.2) is 72.9 Å². The molecule has 7 unspecified atom stereocenters. The van der Waals surface area contributed by atoms with Crippen LogP contribution in [-0.4, -0.2) is 87.5 Å². The molecule has 6 N–H and O–H groups in total. The number of aliphatic hydroxyl groups is 5.